The molecular formula is C62H97N17O23S4. The number of aliphatic hydroxyl groups is 2. The van der Waals surface area contributed by atoms with Crippen LogP contribution in [0.4, 0.5) is 0 Å². The molecule has 0 bridgehead atoms. The highest BCUT2D eigenvalue weighted by molar-refractivity contribution is 7.80. The van der Waals surface area contributed by atoms with Crippen LogP contribution < -0.4 is 90.4 Å². The largest absolute Gasteiger partial charge is 0.508 e. The number of amides is 16. The van der Waals surface area contributed by atoms with Crippen molar-refractivity contribution in [3.05, 3.63) is 29.8 Å². The monoisotopic (exact) mass is 1580 g/mol. The molecule has 1 heterocycles. The fourth-order valence-electron chi connectivity index (χ4n) is 9.40. The van der Waals surface area contributed by atoms with Crippen LogP contribution in [0.2, 0.25) is 0 Å². The van der Waals surface area contributed by atoms with Gasteiger partial charge in [-0.1, -0.05) is 32.4 Å². The first-order valence-electron chi connectivity index (χ1n) is 33.3. The summed E-state index contributed by atoms with van der Waals surface area (Å²) in [6.45, 7) is 6.95. The number of carboxylic acid groups (broad SMARTS) is 2. The lowest BCUT2D eigenvalue weighted by atomic mass is 9.97. The first-order valence-corrected chi connectivity index (χ1v) is 35.8. The van der Waals surface area contributed by atoms with Crippen LogP contribution in [0.1, 0.15) is 86.1 Å². The molecule has 16 amide bonds. The molecule has 40 nitrogen and oxygen atoms in total. The van der Waals surface area contributed by atoms with Crippen molar-refractivity contribution < 1.29 is 112 Å². The molecule has 0 aliphatic carbocycles. The molecule has 1 saturated heterocycles. The third-order valence-corrected chi connectivity index (χ3v) is 17.3. The predicted octanol–water partition coefficient (Wildman–Crippen LogP) is -9.49. The van der Waals surface area contributed by atoms with E-state index in [0.717, 1.165) is 13.3 Å². The van der Waals surface area contributed by atoms with Gasteiger partial charge in [-0.05, 0) is 84.0 Å². The molecule has 0 saturated carbocycles. The number of aliphatic hydroxyl groups excluding tert-OH is 2. The molecule has 0 unspecified atom stereocenters. The summed E-state index contributed by atoms with van der Waals surface area (Å²) >= 11 is 16.2. The van der Waals surface area contributed by atoms with Crippen LogP contribution in [0.15, 0.2) is 24.3 Å². The van der Waals surface area contributed by atoms with Gasteiger partial charge in [0.1, 0.15) is 78.3 Å². The number of phenols is 1. The molecule has 44 heteroatoms. The summed E-state index contributed by atoms with van der Waals surface area (Å²) in [5.74, 6) is -20.3. The molecule has 106 heavy (non-hydrogen) atoms. The number of aliphatic carboxylic acids is 2. The van der Waals surface area contributed by atoms with E-state index in [9.17, 15) is 107 Å². The second kappa shape index (κ2) is 47.3. The average Bonchev–Trinajstić information content (AvgIpc) is 1.01. The molecule has 1 aromatic rings. The molecule has 1 aromatic carbocycles. The minimum absolute atomic E-state index is 0.147. The molecule has 592 valence electrons. The van der Waals surface area contributed by atoms with Gasteiger partial charge in [0.15, 0.2) is 0 Å². The zero-order chi connectivity index (χ0) is 80.2. The zero-order valence-corrected chi connectivity index (χ0v) is 62.6. The van der Waals surface area contributed by atoms with Crippen LogP contribution >= 0.6 is 50.5 Å². The van der Waals surface area contributed by atoms with Crippen LogP contribution in [0.5, 0.6) is 5.75 Å². The molecule has 0 spiro atoms. The Hall–Kier alpha value is -9.24. The quantitative estimate of drug-likeness (QED) is 0.0270. The highest BCUT2D eigenvalue weighted by Crippen LogP contribution is 2.14. The summed E-state index contributed by atoms with van der Waals surface area (Å²) in [5, 5.41) is 89.3. The minimum atomic E-state index is -1.72. The Kier molecular flexibility index (Phi) is 41.5. The summed E-state index contributed by atoms with van der Waals surface area (Å²) in [6, 6.07) is -13.3. The number of carbonyl (C=O) groups is 18. The molecule has 1 aliphatic heterocycles. The van der Waals surface area contributed by atoms with Crippen molar-refractivity contribution in [1.82, 2.24) is 90.4 Å². The van der Waals surface area contributed by atoms with E-state index >= 15 is 0 Å². The van der Waals surface area contributed by atoms with E-state index in [1.54, 1.807) is 13.8 Å². The number of phenolic OH excluding ortho intramolecular Hbond substituents is 1. The maximum atomic E-state index is 13.9. The standard InChI is InChI=1S/C62H97N17O23S4/c1-8-27(2)47(78-54(93)36(15-16-46(87)88)73-57(96)39(24-104)76-61(100)49(32(7)81)77-45(86)22-65-53(92)35-10-9-17-63-35)59(98)67-21-44(85)71-38(23-103)56(95)70-30(5)51(90)74-37(18-33-11-13-34(82)14-12-33)55(94)69-28(3)50(89)68-29(4)52(91)75-40(25-105)58(97)79-48(31(6)80)60(99)66-19-42(83)64-20-43(84)72-41(26-106)62(101)102/h11-14,27-32,35-41,47-49,63,80-82,103-106H,8-10,15-26H2,1-7H3,(H,64,83)(H,65,92)(H,66,99)(H,67,98)(H,68,89)(H,69,94)(H,70,95)(H,71,85)(H,72,84)(H,73,96)(H,74,90)(H,75,91)(H,76,100)(H,77,86)(H,78,93)(H,79,97)(H,87,88)(H,101,102)/t27-,28-,29-,30-,31+,32+,35-,36-,37-,38-,39-,40-,41-,47-,48-,49-/m0/s1. The lowest BCUT2D eigenvalue weighted by Gasteiger charge is -2.28. The second-order valence-electron chi connectivity index (χ2n) is 24.5. The molecule has 1 fully saturated rings. The number of rotatable bonds is 46. The van der Waals surface area contributed by atoms with Gasteiger partial charge in [0.25, 0.3) is 0 Å². The number of aromatic hydroxyl groups is 1. The number of thiol groups is 4. The van der Waals surface area contributed by atoms with Crippen LogP contribution in [0.25, 0.3) is 0 Å². The average molecular weight is 1580 g/mol. The van der Waals surface area contributed by atoms with Crippen LogP contribution in [0, 0.1) is 5.92 Å². The van der Waals surface area contributed by atoms with E-state index in [2.05, 4.69) is 141 Å². The third kappa shape index (κ3) is 33.1. The third-order valence-electron chi connectivity index (χ3n) is 15.9. The second-order valence-corrected chi connectivity index (χ2v) is 26.0. The van der Waals surface area contributed by atoms with E-state index < -0.39 is 254 Å². The van der Waals surface area contributed by atoms with Crippen LogP contribution in [0.3, 0.4) is 0 Å². The van der Waals surface area contributed by atoms with Gasteiger partial charge in [0.2, 0.25) is 94.5 Å². The maximum Gasteiger partial charge on any atom is 0.327 e. The Morgan fingerprint density at radius 3 is 1.31 bits per heavy atom. The smallest absolute Gasteiger partial charge is 0.327 e. The molecule has 16 atom stereocenters. The lowest BCUT2D eigenvalue weighted by Crippen LogP contribution is -2.61. The van der Waals surface area contributed by atoms with Gasteiger partial charge < -0.3 is 116 Å². The molecular weight excluding hydrogens is 1480 g/mol. The van der Waals surface area contributed by atoms with Gasteiger partial charge in [-0.25, -0.2) is 4.79 Å². The summed E-state index contributed by atoms with van der Waals surface area (Å²) < 4.78 is 0. The number of hydrogen-bond acceptors (Lipinski definition) is 26. The summed E-state index contributed by atoms with van der Waals surface area (Å²) in [5.41, 5.74) is 0.382. The van der Waals surface area contributed by atoms with Gasteiger partial charge in [-0.15, -0.1) is 0 Å². The summed E-state index contributed by atoms with van der Waals surface area (Å²) in [4.78, 5) is 234. The highest BCUT2D eigenvalue weighted by Gasteiger charge is 2.37. The number of benzene rings is 1. The number of hydrogen-bond donors (Lipinski definition) is 26. The van der Waals surface area contributed by atoms with Crippen molar-refractivity contribution in [2.45, 2.75) is 178 Å². The predicted molar refractivity (Wildman–Crippen MR) is 388 cm³/mol. The molecule has 0 radical (unpaired) electrons. The summed E-state index contributed by atoms with van der Waals surface area (Å²) in [7, 11) is 0. The highest BCUT2D eigenvalue weighted by atomic mass is 32.1. The van der Waals surface area contributed by atoms with Crippen LogP contribution in [-0.4, -0.2) is 278 Å². The van der Waals surface area contributed by atoms with Crippen molar-refractivity contribution >= 4 is 157 Å². The molecule has 22 N–H and O–H groups in total. The Balaban J connectivity index is 2.10. The molecule has 2 rings (SSSR count). The van der Waals surface area contributed by atoms with E-state index in [-0.39, 0.29) is 30.1 Å². The van der Waals surface area contributed by atoms with Crippen LogP contribution in [-0.2, 0) is 92.7 Å². The van der Waals surface area contributed by atoms with Gasteiger partial charge in [-0.3, -0.25) is 81.5 Å². The Labute approximate surface area is 631 Å². The lowest BCUT2D eigenvalue weighted by molar-refractivity contribution is -0.141. The molecule has 1 aliphatic rings. The van der Waals surface area contributed by atoms with Gasteiger partial charge in [0.05, 0.1) is 44.4 Å². The first kappa shape index (κ1) is 92.8. The molecule has 0 aromatic heterocycles. The minimum Gasteiger partial charge on any atom is -0.508 e. The van der Waals surface area contributed by atoms with Gasteiger partial charge >= 0.3 is 11.9 Å². The summed E-state index contributed by atoms with van der Waals surface area (Å²) in [6.07, 6.45) is -3.08. The van der Waals surface area contributed by atoms with Crippen molar-refractivity contribution in [2.75, 3.05) is 55.7 Å². The first-order chi connectivity index (χ1) is 49.8. The van der Waals surface area contributed by atoms with E-state index in [4.69, 9.17) is 5.11 Å². The van der Waals surface area contributed by atoms with Crippen molar-refractivity contribution in [1.29, 1.82) is 0 Å². The SMILES string of the molecule is CC[C@H](C)[C@H](NC(=O)[C@H](CCC(=O)O)NC(=O)[C@H](CS)NC(=O)[C@@H](NC(=O)CNC(=O)[C@@H]1CCCN1)[C@@H](C)O)C(=O)NCC(=O)N[C@@H](CS)C(=O)N[C@@H](C)C(=O)N[C@@H](Cc1ccc(O)cc1)C(=O)N[C@@H](C)C(=O)N[C@@H](C)C(=O)N[C@@H](CS)C(=O)N[C@H](C(=O)NCC(=O)NCC(=O)N[C@@H](CS)C(=O)O)[C@@H](C)O. The van der Waals surface area contributed by atoms with E-state index in [1.165, 1.54) is 52.0 Å². The number of nitrogens with one attached hydrogen (secondary N) is 17. The van der Waals surface area contributed by atoms with Gasteiger partial charge in [-0.2, -0.15) is 50.5 Å². The Morgan fingerprint density at radius 1 is 0.434 bits per heavy atom. The zero-order valence-electron chi connectivity index (χ0n) is 59.0. The maximum absolute atomic E-state index is 13.9. The van der Waals surface area contributed by atoms with Crippen molar-refractivity contribution in [2.24, 2.45) is 5.92 Å². The normalized spacial score (nSPS) is 16.6. The fraction of sp³-hybridized carbons (Fsp3) is 0.613. The topological polar surface area (TPSA) is 613 Å². The van der Waals surface area contributed by atoms with Crippen molar-refractivity contribution in [3.63, 3.8) is 0 Å². The Morgan fingerprint density at radius 2 is 0.821 bits per heavy atom. The van der Waals surface area contributed by atoms with E-state index in [1.807, 2.05) is 0 Å². The fourth-order valence-corrected chi connectivity index (χ4v) is 10.4. The Bertz CT molecular complexity index is 3280. The number of carboxylic acids is 2. The van der Waals surface area contributed by atoms with Gasteiger partial charge in [0, 0.05) is 35.9 Å². The number of carbonyl (C=O) groups excluding carboxylic acids is 16. The van der Waals surface area contributed by atoms with Crippen molar-refractivity contribution in [3.8, 4) is 5.75 Å². The van der Waals surface area contributed by atoms with E-state index in [0.29, 0.717) is 18.5 Å².